The van der Waals surface area contributed by atoms with Crippen molar-refractivity contribution in [2.75, 3.05) is 4.90 Å². The Morgan fingerprint density at radius 3 is 2.35 bits per heavy atom. The van der Waals surface area contributed by atoms with E-state index in [1.54, 1.807) is 26.0 Å². The average molecular weight is 492 g/mol. The van der Waals surface area contributed by atoms with Gasteiger partial charge >= 0.3 is 0 Å². The summed E-state index contributed by atoms with van der Waals surface area (Å²) in [5.41, 5.74) is 3.94. The van der Waals surface area contributed by atoms with Gasteiger partial charge in [0.2, 0.25) is 5.78 Å². The Kier molecular flexibility index (Phi) is 5.26. The summed E-state index contributed by atoms with van der Waals surface area (Å²) in [4.78, 5) is 37.8. The van der Waals surface area contributed by atoms with E-state index in [1.165, 1.54) is 39.7 Å². The van der Waals surface area contributed by atoms with Gasteiger partial charge in [0.1, 0.15) is 5.75 Å². The summed E-state index contributed by atoms with van der Waals surface area (Å²) in [6.07, 6.45) is 0. The molecule has 9 heteroatoms. The van der Waals surface area contributed by atoms with Crippen molar-refractivity contribution in [3.05, 3.63) is 80.0 Å². The van der Waals surface area contributed by atoms with E-state index < -0.39 is 23.5 Å². The number of aliphatic hydroxyl groups is 1. The van der Waals surface area contributed by atoms with Crippen LogP contribution in [0.1, 0.15) is 43.1 Å². The third-order valence-corrected chi connectivity index (χ3v) is 7.87. The summed E-state index contributed by atoms with van der Waals surface area (Å²) in [6.45, 7) is 7.49. The number of hydrogen-bond acceptors (Lipinski definition) is 8. The molecular formula is C25H21N3O4S2. The Hall–Kier alpha value is -3.56. The van der Waals surface area contributed by atoms with Gasteiger partial charge in [-0.25, -0.2) is 9.97 Å². The van der Waals surface area contributed by atoms with Gasteiger partial charge in [0, 0.05) is 0 Å². The molecule has 1 unspecified atom stereocenters. The number of aromatic nitrogens is 2. The molecule has 0 aliphatic carbocycles. The molecule has 1 amide bonds. The van der Waals surface area contributed by atoms with E-state index in [0.29, 0.717) is 21.3 Å². The molecule has 0 radical (unpaired) electrons. The van der Waals surface area contributed by atoms with Gasteiger partial charge in [-0.3, -0.25) is 14.5 Å². The van der Waals surface area contributed by atoms with Crippen molar-refractivity contribution in [3.63, 3.8) is 0 Å². The smallest absolute Gasteiger partial charge is 0.296 e. The summed E-state index contributed by atoms with van der Waals surface area (Å²) in [6, 6.07) is 9.38. The second kappa shape index (κ2) is 8.03. The molecule has 2 N–H and O–H groups in total. The Balaban J connectivity index is 1.70. The van der Waals surface area contributed by atoms with Crippen molar-refractivity contribution in [1.82, 2.24) is 9.97 Å². The number of phenols is 1. The first-order valence-corrected chi connectivity index (χ1v) is 12.2. The third kappa shape index (κ3) is 3.48. The fourth-order valence-electron chi connectivity index (χ4n) is 4.33. The van der Waals surface area contributed by atoms with Crippen molar-refractivity contribution in [3.8, 4) is 5.75 Å². The van der Waals surface area contributed by atoms with E-state index in [0.717, 1.165) is 26.4 Å². The number of benzene rings is 2. The Morgan fingerprint density at radius 2 is 1.71 bits per heavy atom. The molecule has 2 aromatic carbocycles. The molecular weight excluding hydrogens is 470 g/mol. The number of aryl methyl sites for hydroxylation is 4. The van der Waals surface area contributed by atoms with Crippen molar-refractivity contribution in [2.24, 2.45) is 0 Å². The standard InChI is InChI=1S/C25H21N3O4S2/c1-11-9-12(2)19-17(10-11)34-25(27-19)28-20(15-5-7-16(29)8-6-15)18(22(31)24(28)32)21(30)23-13(3)26-14(4)33-23/h5-10,20,29,31H,1-4H3. The van der Waals surface area contributed by atoms with Gasteiger partial charge in [0.15, 0.2) is 10.9 Å². The number of Topliss-reactive ketones (excluding diaryl/α,β-unsaturated/α-hetero) is 1. The Bertz CT molecular complexity index is 1520. The highest BCUT2D eigenvalue weighted by Gasteiger charge is 2.46. The second-order valence-corrected chi connectivity index (χ2v) is 10.5. The van der Waals surface area contributed by atoms with Crippen LogP contribution in [0, 0.1) is 27.7 Å². The lowest BCUT2D eigenvalue weighted by Gasteiger charge is -2.24. The van der Waals surface area contributed by atoms with Gasteiger partial charge in [0.25, 0.3) is 5.91 Å². The van der Waals surface area contributed by atoms with Gasteiger partial charge in [-0.2, -0.15) is 0 Å². The Morgan fingerprint density at radius 1 is 1.00 bits per heavy atom. The number of aliphatic hydroxyl groups excluding tert-OH is 1. The summed E-state index contributed by atoms with van der Waals surface area (Å²) in [5, 5.41) is 21.9. The molecule has 0 saturated carbocycles. The molecule has 34 heavy (non-hydrogen) atoms. The normalized spacial score (nSPS) is 16.2. The zero-order valence-electron chi connectivity index (χ0n) is 18.9. The molecule has 7 nitrogen and oxygen atoms in total. The van der Waals surface area contributed by atoms with Crippen molar-refractivity contribution in [1.29, 1.82) is 0 Å². The van der Waals surface area contributed by atoms with Crippen LogP contribution in [0.5, 0.6) is 5.75 Å². The first kappa shape index (κ1) is 22.2. The van der Waals surface area contributed by atoms with Crippen LogP contribution >= 0.6 is 22.7 Å². The molecule has 4 aromatic rings. The highest BCUT2D eigenvalue weighted by Crippen LogP contribution is 2.45. The van der Waals surface area contributed by atoms with Crippen LogP contribution in [0.15, 0.2) is 47.7 Å². The van der Waals surface area contributed by atoms with Crippen LogP contribution in [0.2, 0.25) is 0 Å². The number of phenolic OH excluding ortho intramolecular Hbond substituents is 1. The number of nitrogens with zero attached hydrogens (tertiary/aromatic N) is 3. The SMILES string of the molecule is Cc1cc(C)c2nc(N3C(=O)C(O)=C(C(=O)c4sc(C)nc4C)C3c3ccc(O)cc3)sc2c1. The fourth-order valence-corrected chi connectivity index (χ4v) is 6.38. The summed E-state index contributed by atoms with van der Waals surface area (Å²) < 4.78 is 0.915. The van der Waals surface area contributed by atoms with E-state index in [-0.39, 0.29) is 11.3 Å². The predicted molar refractivity (Wildman–Crippen MR) is 133 cm³/mol. The van der Waals surface area contributed by atoms with Crippen LogP contribution in [0.25, 0.3) is 10.2 Å². The molecule has 172 valence electrons. The highest BCUT2D eigenvalue weighted by atomic mass is 32.1. The number of anilines is 1. The van der Waals surface area contributed by atoms with Gasteiger partial charge in [-0.15, -0.1) is 11.3 Å². The molecule has 1 aliphatic rings. The van der Waals surface area contributed by atoms with Gasteiger partial charge in [0.05, 0.1) is 37.4 Å². The molecule has 0 fully saturated rings. The second-order valence-electron chi connectivity index (χ2n) is 8.33. The number of ketones is 1. The first-order valence-electron chi connectivity index (χ1n) is 10.6. The van der Waals surface area contributed by atoms with Gasteiger partial charge < -0.3 is 10.2 Å². The van der Waals surface area contributed by atoms with E-state index >= 15 is 0 Å². The van der Waals surface area contributed by atoms with Crippen molar-refractivity contribution in [2.45, 2.75) is 33.7 Å². The molecule has 0 bridgehead atoms. The van der Waals surface area contributed by atoms with Crippen molar-refractivity contribution < 1.29 is 19.8 Å². The van der Waals surface area contributed by atoms with Crippen LogP contribution in [0.3, 0.4) is 0 Å². The molecule has 0 saturated heterocycles. The monoisotopic (exact) mass is 491 g/mol. The van der Waals surface area contributed by atoms with E-state index in [9.17, 15) is 19.8 Å². The molecule has 0 spiro atoms. The predicted octanol–water partition coefficient (Wildman–Crippen LogP) is 5.47. The number of fused-ring (bicyclic) bond motifs is 1. The molecule has 3 heterocycles. The largest absolute Gasteiger partial charge is 0.508 e. The lowest BCUT2D eigenvalue weighted by Crippen LogP contribution is -2.30. The number of rotatable bonds is 4. The fraction of sp³-hybridized carbons (Fsp3) is 0.200. The number of carbonyl (C=O) groups excluding carboxylic acids is 2. The zero-order chi connectivity index (χ0) is 24.3. The van der Waals surface area contributed by atoms with Crippen LogP contribution < -0.4 is 4.90 Å². The van der Waals surface area contributed by atoms with Gasteiger partial charge in [-0.1, -0.05) is 29.5 Å². The number of hydrogen-bond donors (Lipinski definition) is 2. The number of thiazole rings is 2. The number of aromatic hydroxyl groups is 1. The lowest BCUT2D eigenvalue weighted by atomic mass is 9.95. The van der Waals surface area contributed by atoms with E-state index in [1.807, 2.05) is 26.0 Å². The minimum atomic E-state index is -0.899. The summed E-state index contributed by atoms with van der Waals surface area (Å²) in [7, 11) is 0. The van der Waals surface area contributed by atoms with Gasteiger partial charge in [-0.05, 0) is 62.6 Å². The van der Waals surface area contributed by atoms with E-state index in [2.05, 4.69) is 4.98 Å². The van der Waals surface area contributed by atoms with E-state index in [4.69, 9.17) is 4.98 Å². The maximum absolute atomic E-state index is 13.6. The maximum atomic E-state index is 13.6. The topological polar surface area (TPSA) is 104 Å². The van der Waals surface area contributed by atoms with Crippen LogP contribution in [-0.4, -0.2) is 31.9 Å². The summed E-state index contributed by atoms with van der Waals surface area (Å²) >= 11 is 2.56. The highest BCUT2D eigenvalue weighted by molar-refractivity contribution is 7.22. The first-order chi connectivity index (χ1) is 16.2. The third-order valence-electron chi connectivity index (χ3n) is 5.80. The average Bonchev–Trinajstić information content (AvgIpc) is 3.42. The molecule has 1 aliphatic heterocycles. The minimum absolute atomic E-state index is 0.0189. The lowest BCUT2D eigenvalue weighted by molar-refractivity contribution is -0.117. The molecule has 1 atom stereocenters. The quantitative estimate of drug-likeness (QED) is 0.367. The maximum Gasteiger partial charge on any atom is 0.296 e. The number of amides is 1. The summed E-state index contributed by atoms with van der Waals surface area (Å²) in [5.74, 6) is -1.67. The Labute approximate surface area is 203 Å². The van der Waals surface area contributed by atoms with Crippen LogP contribution in [-0.2, 0) is 4.79 Å². The minimum Gasteiger partial charge on any atom is -0.508 e. The molecule has 5 rings (SSSR count). The van der Waals surface area contributed by atoms with Crippen molar-refractivity contribution >= 4 is 49.7 Å². The zero-order valence-corrected chi connectivity index (χ0v) is 20.5. The van der Waals surface area contributed by atoms with Crippen LogP contribution in [0.4, 0.5) is 5.13 Å². The number of carbonyl (C=O) groups is 2. The molecule has 2 aromatic heterocycles.